The summed E-state index contributed by atoms with van der Waals surface area (Å²) in [7, 11) is -1.13. The van der Waals surface area contributed by atoms with E-state index in [-0.39, 0.29) is 12.4 Å². The fourth-order valence-electron chi connectivity index (χ4n) is 5.28. The van der Waals surface area contributed by atoms with E-state index in [2.05, 4.69) is 13.8 Å². The Labute approximate surface area is 262 Å². The lowest BCUT2D eigenvalue weighted by molar-refractivity contribution is -0.671. The zero-order valence-electron chi connectivity index (χ0n) is 27.4. The maximum atomic E-state index is 13.6. The van der Waals surface area contributed by atoms with Crippen LogP contribution in [-0.4, -0.2) is 13.2 Å². The normalized spacial score (nSPS) is 11.6. The van der Waals surface area contributed by atoms with Gasteiger partial charge < -0.3 is 21.5 Å². The molecule has 4 nitrogen and oxygen atoms in total. The molecule has 0 bridgehead atoms. The third kappa shape index (κ3) is 25.8. The van der Waals surface area contributed by atoms with Gasteiger partial charge in [-0.1, -0.05) is 155 Å². The predicted molar refractivity (Wildman–Crippen MR) is 173 cm³/mol. The monoisotopic (exact) mass is 615 g/mol. The van der Waals surface area contributed by atoms with Gasteiger partial charge in [0.15, 0.2) is 12.4 Å². The van der Waals surface area contributed by atoms with Crippen LogP contribution < -0.4 is 17.0 Å². The summed E-state index contributed by atoms with van der Waals surface area (Å²) in [4.78, 5) is 0. The van der Waals surface area contributed by atoms with Crippen molar-refractivity contribution in [2.75, 3.05) is 13.2 Å². The van der Waals surface area contributed by atoms with Crippen LogP contribution in [0.2, 0.25) is 0 Å². The van der Waals surface area contributed by atoms with Crippen LogP contribution in [0.3, 0.4) is 0 Å². The van der Waals surface area contributed by atoms with Crippen molar-refractivity contribution in [2.24, 2.45) is 7.05 Å². The second kappa shape index (κ2) is 29.7. The van der Waals surface area contributed by atoms with Gasteiger partial charge in [-0.05, 0) is 18.4 Å². The van der Waals surface area contributed by atoms with Crippen LogP contribution in [0.15, 0.2) is 24.5 Å². The zero-order valence-corrected chi connectivity index (χ0v) is 29.0. The van der Waals surface area contributed by atoms with E-state index in [1.54, 1.807) is 0 Å². The summed E-state index contributed by atoms with van der Waals surface area (Å²) in [6, 6.07) is 4.04. The van der Waals surface area contributed by atoms with Crippen molar-refractivity contribution in [1.29, 1.82) is 0 Å². The lowest BCUT2D eigenvalue weighted by Gasteiger charge is -2.19. The first-order valence-corrected chi connectivity index (χ1v) is 19.1. The topological polar surface area (TPSA) is 39.4 Å². The quantitative estimate of drug-likeness (QED) is 0.0494. The van der Waals surface area contributed by atoms with Crippen LogP contribution in [0.5, 0.6) is 0 Å². The summed E-state index contributed by atoms with van der Waals surface area (Å²) >= 11 is 0. The highest BCUT2D eigenvalue weighted by molar-refractivity contribution is 7.53. The van der Waals surface area contributed by atoms with E-state index in [0.717, 1.165) is 31.2 Å². The molecule has 6 heteroatoms. The Hall–Kier alpha value is -0.410. The van der Waals surface area contributed by atoms with E-state index in [1.807, 2.05) is 36.1 Å². The molecule has 0 N–H and O–H groups in total. The molecule has 0 atom stereocenters. The van der Waals surface area contributed by atoms with E-state index >= 15 is 0 Å². The van der Waals surface area contributed by atoms with Crippen LogP contribution in [0.1, 0.15) is 174 Å². The number of halogens is 1. The molecule has 242 valence electrons. The molecule has 1 heterocycles. The number of hydrogen-bond acceptors (Lipinski definition) is 3. The summed E-state index contributed by atoms with van der Waals surface area (Å²) in [6.45, 7) is 5.63. The van der Waals surface area contributed by atoms with Gasteiger partial charge in [0, 0.05) is 12.1 Å². The molecule has 0 amide bonds. The fraction of sp³-hybridized carbons (Fsp3) is 0.857. The first-order chi connectivity index (χ1) is 19.6. The van der Waals surface area contributed by atoms with E-state index < -0.39 is 7.60 Å². The molecule has 1 rings (SSSR count). The van der Waals surface area contributed by atoms with Gasteiger partial charge in [0.1, 0.15) is 7.05 Å². The average molecular weight is 616 g/mol. The number of aryl methyl sites for hydroxylation is 1. The molecule has 0 aliphatic carbocycles. The van der Waals surface area contributed by atoms with Crippen LogP contribution in [0.25, 0.3) is 0 Å². The van der Waals surface area contributed by atoms with Crippen LogP contribution >= 0.6 is 7.60 Å². The second-order valence-corrected chi connectivity index (χ2v) is 14.1. The molecule has 1 aromatic heterocycles. The lowest BCUT2D eigenvalue weighted by Crippen LogP contribution is -3.00. The summed E-state index contributed by atoms with van der Waals surface area (Å²) in [5.74, 6) is 0. The molecule has 0 fully saturated rings. The minimum absolute atomic E-state index is 0. The van der Waals surface area contributed by atoms with Crippen molar-refractivity contribution in [3.8, 4) is 0 Å². The number of nitrogens with zero attached hydrogens (tertiary/aromatic N) is 1. The zero-order chi connectivity index (χ0) is 29.0. The van der Waals surface area contributed by atoms with Crippen LogP contribution in [0.4, 0.5) is 0 Å². The van der Waals surface area contributed by atoms with E-state index in [0.29, 0.717) is 19.4 Å². The third-order valence-electron chi connectivity index (χ3n) is 8.00. The molecule has 0 aromatic carbocycles. The standard InChI is InChI=1S/C35H67NO3P.ClH/c1-4-6-8-10-12-14-16-18-20-22-24-26-32-38-40(37,34-35-28-30-36(3)31-29-35)39-33-27-25-23-21-19-17-15-13-11-9-7-5-2;/h28-31H,4-27,32-34H2,1-3H3;1H/q+1;/p-1. The van der Waals surface area contributed by atoms with Crippen molar-refractivity contribution in [1.82, 2.24) is 0 Å². The van der Waals surface area contributed by atoms with E-state index in [4.69, 9.17) is 9.05 Å². The van der Waals surface area contributed by atoms with Crippen molar-refractivity contribution >= 4 is 7.60 Å². The Balaban J connectivity index is 0.0000160. The van der Waals surface area contributed by atoms with Gasteiger partial charge in [0.25, 0.3) is 0 Å². The maximum absolute atomic E-state index is 13.6. The number of rotatable bonds is 30. The summed E-state index contributed by atoms with van der Waals surface area (Å²) in [6.07, 6.45) is 35.8. The highest BCUT2D eigenvalue weighted by Crippen LogP contribution is 2.51. The molecular weight excluding hydrogens is 549 g/mol. The molecule has 0 aliphatic heterocycles. The Morgan fingerprint density at radius 2 is 0.829 bits per heavy atom. The minimum Gasteiger partial charge on any atom is -1.00 e. The molecule has 0 spiro atoms. The van der Waals surface area contributed by atoms with Gasteiger partial charge >= 0.3 is 7.60 Å². The van der Waals surface area contributed by atoms with E-state index in [9.17, 15) is 4.57 Å². The molecule has 0 radical (unpaired) electrons. The van der Waals surface area contributed by atoms with Crippen LogP contribution in [0, 0.1) is 0 Å². The van der Waals surface area contributed by atoms with Crippen LogP contribution in [-0.2, 0) is 26.8 Å². The van der Waals surface area contributed by atoms with Crippen molar-refractivity contribution in [3.05, 3.63) is 30.1 Å². The van der Waals surface area contributed by atoms with Gasteiger partial charge in [0.2, 0.25) is 0 Å². The summed E-state index contributed by atoms with van der Waals surface area (Å²) in [5, 5.41) is 0. The van der Waals surface area contributed by atoms with Gasteiger partial charge in [-0.3, -0.25) is 4.57 Å². The molecule has 1 aromatic rings. The lowest BCUT2D eigenvalue weighted by atomic mass is 10.1. The van der Waals surface area contributed by atoms with Gasteiger partial charge in [-0.25, -0.2) is 4.57 Å². The highest BCUT2D eigenvalue weighted by Gasteiger charge is 2.25. The smallest absolute Gasteiger partial charge is 0.335 e. The van der Waals surface area contributed by atoms with Crippen molar-refractivity contribution in [2.45, 2.75) is 174 Å². The summed E-state index contributed by atoms with van der Waals surface area (Å²) < 4.78 is 27.6. The molecule has 0 aliphatic rings. The first kappa shape index (κ1) is 40.6. The van der Waals surface area contributed by atoms with Gasteiger partial charge in [-0.15, -0.1) is 0 Å². The fourth-order valence-corrected chi connectivity index (χ4v) is 7.01. The Kier molecular flexibility index (Phi) is 29.4. The van der Waals surface area contributed by atoms with E-state index in [1.165, 1.54) is 128 Å². The van der Waals surface area contributed by atoms with Crippen molar-refractivity contribution < 1.29 is 30.6 Å². The van der Waals surface area contributed by atoms with Gasteiger partial charge in [0.05, 0.1) is 19.4 Å². The second-order valence-electron chi connectivity index (χ2n) is 12.1. The first-order valence-electron chi connectivity index (χ1n) is 17.4. The maximum Gasteiger partial charge on any atom is 0.335 e. The molecule has 0 unspecified atom stereocenters. The minimum atomic E-state index is -3.13. The summed E-state index contributed by atoms with van der Waals surface area (Å²) in [5.41, 5.74) is 1.02. The Bertz CT molecular complexity index is 682. The Morgan fingerprint density at radius 1 is 0.537 bits per heavy atom. The average Bonchev–Trinajstić information content (AvgIpc) is 2.95. The number of hydrogen-bond donors (Lipinski definition) is 0. The van der Waals surface area contributed by atoms with Gasteiger partial charge in [-0.2, -0.15) is 0 Å². The Morgan fingerprint density at radius 3 is 1.15 bits per heavy atom. The third-order valence-corrected chi connectivity index (χ3v) is 9.90. The largest absolute Gasteiger partial charge is 1.00 e. The molecule has 41 heavy (non-hydrogen) atoms. The van der Waals surface area contributed by atoms with Crippen molar-refractivity contribution in [3.63, 3.8) is 0 Å². The molecular formula is C35H67ClNO3P. The molecule has 0 saturated heterocycles. The SMILES string of the molecule is CCCCCCCCCCCCCCOP(=O)(Cc1cc[n+](C)cc1)OCCCCCCCCCCCCCC.[Cl-]. The highest BCUT2D eigenvalue weighted by atomic mass is 35.5. The predicted octanol–water partition coefficient (Wildman–Crippen LogP) is 8.64. The number of pyridine rings is 1. The number of unbranched alkanes of at least 4 members (excludes halogenated alkanes) is 22. The number of aromatic nitrogens is 1. The molecule has 0 saturated carbocycles.